The van der Waals surface area contributed by atoms with Crippen LogP contribution in [0.3, 0.4) is 0 Å². The van der Waals surface area contributed by atoms with Gasteiger partial charge in [0.15, 0.2) is 0 Å². The van der Waals surface area contributed by atoms with Crippen molar-refractivity contribution >= 4 is 28.9 Å². The molecule has 1 saturated carbocycles. The van der Waals surface area contributed by atoms with Crippen molar-refractivity contribution in [2.45, 2.75) is 38.0 Å². The summed E-state index contributed by atoms with van der Waals surface area (Å²) in [7, 11) is 1.22. The third-order valence-corrected chi connectivity index (χ3v) is 5.08. The highest BCUT2D eigenvalue weighted by molar-refractivity contribution is 6.36. The van der Waals surface area contributed by atoms with Crippen LogP contribution in [-0.2, 0) is 9.53 Å². The molecule has 0 amide bonds. The van der Waals surface area contributed by atoms with E-state index < -0.39 is 17.7 Å². The molecule has 152 valence electrons. The fourth-order valence-electron chi connectivity index (χ4n) is 3.21. The first-order valence-corrected chi connectivity index (χ1v) is 9.54. The van der Waals surface area contributed by atoms with E-state index in [0.29, 0.717) is 29.7 Å². The predicted molar refractivity (Wildman–Crippen MR) is 106 cm³/mol. The zero-order valence-corrected chi connectivity index (χ0v) is 16.5. The molecule has 29 heavy (non-hydrogen) atoms. The van der Waals surface area contributed by atoms with Crippen LogP contribution < -0.4 is 0 Å². The molecule has 0 unspecified atom stereocenters. The van der Waals surface area contributed by atoms with E-state index in [9.17, 15) is 18.0 Å². The maximum absolute atomic E-state index is 13.7. The fraction of sp³-hybridized carbons (Fsp3) is 0.318. The number of ether oxygens (including phenoxy) is 1. The molecule has 0 N–H and O–H groups in total. The van der Waals surface area contributed by atoms with Gasteiger partial charge in [0.25, 0.3) is 0 Å². The van der Waals surface area contributed by atoms with Gasteiger partial charge in [-0.3, -0.25) is 0 Å². The van der Waals surface area contributed by atoms with Crippen LogP contribution in [0.4, 0.5) is 13.2 Å². The average molecular weight is 422 g/mol. The average Bonchev–Trinajstić information content (AvgIpc) is 2.95. The second-order valence-corrected chi connectivity index (χ2v) is 7.23. The molecule has 0 atom stereocenters. The number of alkyl halides is 2. The van der Waals surface area contributed by atoms with Crippen molar-refractivity contribution < 1.29 is 22.7 Å². The van der Waals surface area contributed by atoms with Crippen LogP contribution in [-0.4, -0.2) is 24.7 Å². The molecule has 3 nitrogen and oxygen atoms in total. The van der Waals surface area contributed by atoms with Crippen LogP contribution in [0.2, 0.25) is 0 Å². The third kappa shape index (κ3) is 5.28. The van der Waals surface area contributed by atoms with Gasteiger partial charge in [0.05, 0.1) is 12.8 Å². The first-order valence-electron chi connectivity index (χ1n) is 9.16. The molecule has 3 rings (SSSR count). The summed E-state index contributed by atoms with van der Waals surface area (Å²) in [5.74, 6) is -3.75. The summed E-state index contributed by atoms with van der Waals surface area (Å²) in [5.41, 5.74) is 5.28. The van der Waals surface area contributed by atoms with Gasteiger partial charge in [-0.25, -0.2) is 23.0 Å². The minimum absolute atomic E-state index is 0.0228. The Morgan fingerprint density at radius 3 is 2.66 bits per heavy atom. The van der Waals surface area contributed by atoms with E-state index in [0.717, 1.165) is 5.57 Å². The lowest BCUT2D eigenvalue weighted by atomic mass is 9.97. The first kappa shape index (κ1) is 21.2. The highest BCUT2D eigenvalue weighted by Crippen LogP contribution is 2.35. The van der Waals surface area contributed by atoms with Crippen LogP contribution in [0.25, 0.3) is 5.57 Å². The normalized spacial score (nSPS) is 20.7. The molecule has 0 saturated heterocycles. The number of allylic oxidation sites excluding steroid dienone is 2. The largest absolute Gasteiger partial charge is 0.465 e. The Bertz CT molecular complexity index is 968. The number of esters is 1. The van der Waals surface area contributed by atoms with Gasteiger partial charge in [0.1, 0.15) is 16.5 Å². The topological polar surface area (TPSA) is 38.7 Å². The Labute approximate surface area is 171 Å². The molecule has 1 fully saturated rings. The number of methoxy groups -OCH3 is 1. The van der Waals surface area contributed by atoms with Crippen LogP contribution >= 0.6 is 11.6 Å². The number of hydrogen-bond donors (Lipinski definition) is 0. The van der Waals surface area contributed by atoms with Gasteiger partial charge in [-0.05, 0) is 49.1 Å². The van der Waals surface area contributed by atoms with E-state index in [-0.39, 0.29) is 30.0 Å². The number of rotatable bonds is 3. The van der Waals surface area contributed by atoms with Crippen molar-refractivity contribution in [2.75, 3.05) is 7.11 Å². The highest BCUT2D eigenvalue weighted by atomic mass is 35.5. The van der Waals surface area contributed by atoms with Gasteiger partial charge in [-0.15, -0.1) is 5.73 Å². The minimum Gasteiger partial charge on any atom is -0.465 e. The Hall–Kier alpha value is -2.56. The van der Waals surface area contributed by atoms with Gasteiger partial charge in [0.2, 0.25) is 5.92 Å². The van der Waals surface area contributed by atoms with E-state index in [1.807, 2.05) is 0 Å². The quantitative estimate of drug-likeness (QED) is 0.261. The monoisotopic (exact) mass is 421 g/mol. The summed E-state index contributed by atoms with van der Waals surface area (Å²) in [6, 6.07) is 5.69. The van der Waals surface area contributed by atoms with E-state index in [1.165, 1.54) is 25.3 Å². The van der Waals surface area contributed by atoms with E-state index >= 15 is 0 Å². The minimum atomic E-state index is -2.67. The Morgan fingerprint density at radius 2 is 1.97 bits per heavy atom. The second kappa shape index (κ2) is 8.85. The van der Waals surface area contributed by atoms with Crippen molar-refractivity contribution in [3.05, 3.63) is 69.8 Å². The van der Waals surface area contributed by atoms with Gasteiger partial charge in [-0.1, -0.05) is 29.3 Å². The van der Waals surface area contributed by atoms with Crippen LogP contribution in [0, 0.1) is 5.82 Å². The van der Waals surface area contributed by atoms with Gasteiger partial charge in [0, 0.05) is 18.4 Å². The summed E-state index contributed by atoms with van der Waals surface area (Å²) in [6.45, 7) is 0. The highest BCUT2D eigenvalue weighted by Gasteiger charge is 2.30. The second-order valence-electron chi connectivity index (χ2n) is 6.88. The fourth-order valence-corrected chi connectivity index (χ4v) is 3.43. The molecule has 0 bridgehead atoms. The molecule has 2 aliphatic rings. The predicted octanol–water partition coefficient (Wildman–Crippen LogP) is 5.97. The zero-order valence-electron chi connectivity index (χ0n) is 15.8. The van der Waals surface area contributed by atoms with Gasteiger partial charge < -0.3 is 4.74 Å². The molecule has 0 spiro atoms. The first-order chi connectivity index (χ1) is 13.8. The summed E-state index contributed by atoms with van der Waals surface area (Å²) in [5, 5.41) is -0.0905. The number of carbonyl (C=O) groups excluding carboxylic acids is 1. The maximum atomic E-state index is 13.7. The lowest BCUT2D eigenvalue weighted by Crippen LogP contribution is -2.13. The molecule has 1 aromatic rings. The third-order valence-electron chi connectivity index (χ3n) is 4.79. The van der Waals surface area contributed by atoms with Gasteiger partial charge in [-0.2, -0.15) is 0 Å². The van der Waals surface area contributed by atoms with E-state index in [2.05, 4.69) is 10.7 Å². The Kier molecular flexibility index (Phi) is 6.46. The molecule has 7 heteroatoms. The van der Waals surface area contributed by atoms with Crippen molar-refractivity contribution in [1.29, 1.82) is 0 Å². The number of benzene rings is 1. The smallest absolute Gasteiger partial charge is 0.341 e. The number of carbonyl (C=O) groups is 1. The van der Waals surface area contributed by atoms with Crippen molar-refractivity contribution in [2.24, 2.45) is 4.99 Å². The summed E-state index contributed by atoms with van der Waals surface area (Å²) < 4.78 is 45.5. The molecule has 1 heterocycles. The molecule has 0 aromatic heterocycles. The molecular weight excluding hydrogens is 403 g/mol. The Morgan fingerprint density at radius 1 is 1.24 bits per heavy atom. The number of aliphatic imine (C=N–C) groups is 1. The van der Waals surface area contributed by atoms with Crippen molar-refractivity contribution in [1.82, 2.24) is 0 Å². The van der Waals surface area contributed by atoms with Crippen molar-refractivity contribution in [3.63, 3.8) is 0 Å². The standard InChI is InChI=1S/C22H19ClF3NO2/c1-29-21(28)18-9-8-17(15-4-6-16(24)7-5-15)19(27-20(18)23)13-14-3-2-11-22(25,26)12-10-14/h4-7,9,13H,2-3,10-12H2,1H3/b14-13-. The van der Waals surface area contributed by atoms with E-state index in [4.69, 9.17) is 16.3 Å². The van der Waals surface area contributed by atoms with Crippen LogP contribution in [0.1, 0.15) is 37.7 Å². The lowest BCUT2D eigenvalue weighted by Gasteiger charge is -2.11. The van der Waals surface area contributed by atoms with E-state index in [1.54, 1.807) is 18.2 Å². The lowest BCUT2D eigenvalue weighted by molar-refractivity contribution is -0.135. The summed E-state index contributed by atoms with van der Waals surface area (Å²) >= 11 is 6.23. The van der Waals surface area contributed by atoms with Crippen LogP contribution in [0.15, 0.2) is 63.4 Å². The molecule has 1 aliphatic heterocycles. The SMILES string of the molecule is COC(=O)C1=C(Cl)N=C(/C=C2/CCCC(F)(F)CC2)C(c2ccc(F)cc2)=C=C1. The van der Waals surface area contributed by atoms with Crippen molar-refractivity contribution in [3.8, 4) is 0 Å². The maximum Gasteiger partial charge on any atom is 0.341 e. The number of nitrogens with zero attached hydrogens (tertiary/aromatic N) is 1. The summed E-state index contributed by atoms with van der Waals surface area (Å²) in [6.07, 6.45) is 3.82. The summed E-state index contributed by atoms with van der Waals surface area (Å²) in [4.78, 5) is 16.3. The molecule has 1 aliphatic carbocycles. The van der Waals surface area contributed by atoms with Gasteiger partial charge >= 0.3 is 5.97 Å². The molecule has 1 aromatic carbocycles. The zero-order chi connectivity index (χ0) is 21.0. The number of halogens is 4. The Balaban J connectivity index is 2.08. The molecular formula is C22H19ClF3NO2. The molecule has 0 radical (unpaired) electrons. The van der Waals surface area contributed by atoms with Crippen LogP contribution in [0.5, 0.6) is 0 Å². The number of hydrogen-bond acceptors (Lipinski definition) is 3.